The second-order valence-electron chi connectivity index (χ2n) is 12.1. The molecule has 0 aliphatic heterocycles. The highest BCUT2D eigenvalue weighted by molar-refractivity contribution is 7.80. The fraction of sp³-hybridized carbons (Fsp3) is 0.441. The lowest BCUT2D eigenvalue weighted by molar-refractivity contribution is -0.134. The Hall–Kier alpha value is -4.40. The van der Waals surface area contributed by atoms with E-state index in [1.165, 1.54) is 12.1 Å². The zero-order chi connectivity index (χ0) is 35.2. The molecule has 5 atom stereocenters. The minimum absolute atomic E-state index is 0.0327. The average Bonchev–Trinajstić information content (AvgIpc) is 3.48. The largest absolute Gasteiger partial charge is 0.508 e. The molecule has 0 fully saturated rings. The number of nitrogens with two attached hydrogens (primary N) is 2. The molecule has 0 unspecified atom stereocenters. The van der Waals surface area contributed by atoms with Gasteiger partial charge in [-0.15, -0.1) is 0 Å². The van der Waals surface area contributed by atoms with Crippen molar-refractivity contribution in [3.05, 3.63) is 65.9 Å². The molecule has 0 saturated carbocycles. The zero-order valence-corrected chi connectivity index (χ0v) is 28.2. The van der Waals surface area contributed by atoms with E-state index >= 15 is 0 Å². The maximum absolute atomic E-state index is 14.0. The van der Waals surface area contributed by atoms with Crippen LogP contribution in [0.2, 0.25) is 0 Å². The van der Waals surface area contributed by atoms with Gasteiger partial charge in [-0.3, -0.25) is 19.2 Å². The van der Waals surface area contributed by atoms with Crippen LogP contribution in [0.15, 0.2) is 54.7 Å². The maximum Gasteiger partial charge on any atom is 0.243 e. The summed E-state index contributed by atoms with van der Waals surface area (Å²) in [5.41, 5.74) is 13.8. The maximum atomic E-state index is 14.0. The third-order valence-electron chi connectivity index (χ3n) is 8.03. The fourth-order valence-corrected chi connectivity index (χ4v) is 5.26. The van der Waals surface area contributed by atoms with Gasteiger partial charge in [-0.1, -0.05) is 44.2 Å². The molecule has 4 amide bonds. The summed E-state index contributed by atoms with van der Waals surface area (Å²) in [5, 5.41) is 21.5. The molecule has 3 rings (SSSR count). The standard InChI is InChI=1S/C34H47N7O6S/c1-20(2)30(18-42)41-32(45)27(9-5-6-14-35)38-34(47)29(16-22-17-37-26-8-4-3-7-24(22)26)40-33(46)28(39-31(44)25(36)19-48)15-21-10-12-23(43)13-11-21/h3-4,7-8,10-13,17-18,20,25,27-30,37,43,48H,5-6,9,14-16,19,35-36H2,1-2H3,(H,38,47)(H,39,44)(H,40,46)(H,41,45)/t25-,27-,28-,29+,30+/m0/s1. The smallest absolute Gasteiger partial charge is 0.243 e. The number of phenolic OH excluding ortho intramolecular Hbond substituents is 1. The van der Waals surface area contributed by atoms with Crippen molar-refractivity contribution in [1.82, 2.24) is 26.3 Å². The molecule has 48 heavy (non-hydrogen) atoms. The summed E-state index contributed by atoms with van der Waals surface area (Å²) in [7, 11) is 0. The van der Waals surface area contributed by atoms with Crippen molar-refractivity contribution >= 4 is 53.4 Å². The number of unbranched alkanes of at least 4 members (excludes halogenated alkanes) is 1. The number of thiol groups is 1. The second kappa shape index (κ2) is 18.8. The molecule has 14 heteroatoms. The van der Waals surface area contributed by atoms with Crippen molar-refractivity contribution in [1.29, 1.82) is 0 Å². The van der Waals surface area contributed by atoms with Gasteiger partial charge in [0, 0.05) is 35.7 Å². The highest BCUT2D eigenvalue weighted by Crippen LogP contribution is 2.20. The highest BCUT2D eigenvalue weighted by atomic mass is 32.1. The van der Waals surface area contributed by atoms with Gasteiger partial charge >= 0.3 is 0 Å². The lowest BCUT2D eigenvalue weighted by atomic mass is 10.0. The number of carbonyl (C=O) groups excluding carboxylic acids is 5. The average molecular weight is 682 g/mol. The van der Waals surface area contributed by atoms with E-state index in [0.29, 0.717) is 31.2 Å². The van der Waals surface area contributed by atoms with Crippen molar-refractivity contribution in [3.63, 3.8) is 0 Å². The summed E-state index contributed by atoms with van der Waals surface area (Å²) in [5.74, 6) is -2.51. The number of hydrogen-bond acceptors (Lipinski definition) is 9. The first-order valence-corrected chi connectivity index (χ1v) is 16.7. The number of benzene rings is 2. The Bertz CT molecular complexity index is 1530. The molecular formula is C34H47N7O6S. The van der Waals surface area contributed by atoms with E-state index in [4.69, 9.17) is 11.5 Å². The van der Waals surface area contributed by atoms with E-state index < -0.39 is 53.8 Å². The van der Waals surface area contributed by atoms with Gasteiger partial charge in [0.05, 0.1) is 12.1 Å². The van der Waals surface area contributed by atoms with Crippen LogP contribution >= 0.6 is 12.6 Å². The van der Waals surface area contributed by atoms with Gasteiger partial charge in [0.25, 0.3) is 0 Å². The lowest BCUT2D eigenvalue weighted by Gasteiger charge is -2.27. The minimum Gasteiger partial charge on any atom is -0.508 e. The molecule has 0 aliphatic carbocycles. The fourth-order valence-electron chi connectivity index (χ4n) is 5.10. The first kappa shape index (κ1) is 38.1. The number of hydrogen-bond donors (Lipinski definition) is 9. The van der Waals surface area contributed by atoms with Crippen molar-refractivity contribution in [2.24, 2.45) is 17.4 Å². The summed E-state index contributed by atoms with van der Waals surface area (Å²) in [6.45, 7) is 3.99. The van der Waals surface area contributed by atoms with Crippen LogP contribution in [0, 0.1) is 5.92 Å². The topological polar surface area (TPSA) is 222 Å². The van der Waals surface area contributed by atoms with E-state index in [1.807, 2.05) is 24.3 Å². The zero-order valence-electron chi connectivity index (χ0n) is 27.3. The van der Waals surface area contributed by atoms with E-state index in [-0.39, 0.29) is 36.7 Å². The molecule has 2 aromatic carbocycles. The number of aromatic hydroxyl groups is 1. The second-order valence-corrected chi connectivity index (χ2v) is 12.5. The highest BCUT2D eigenvalue weighted by Gasteiger charge is 2.32. The Kier molecular flexibility index (Phi) is 14.9. The Morgan fingerprint density at radius 3 is 2.08 bits per heavy atom. The predicted octanol–water partition coefficient (Wildman–Crippen LogP) is 0.839. The number of phenols is 1. The number of H-pyrrole nitrogens is 1. The van der Waals surface area contributed by atoms with Gasteiger partial charge in [0.1, 0.15) is 30.2 Å². The van der Waals surface area contributed by atoms with Crippen LogP contribution in [0.3, 0.4) is 0 Å². The molecule has 1 heterocycles. The first-order chi connectivity index (χ1) is 23.0. The molecule has 10 N–H and O–H groups in total. The van der Waals surface area contributed by atoms with Gasteiger partial charge < -0.3 is 47.6 Å². The Morgan fingerprint density at radius 2 is 1.46 bits per heavy atom. The SMILES string of the molecule is CC(C)[C@@H](C=O)NC(=O)[C@H](CCCCN)NC(=O)[C@@H](Cc1c[nH]c2ccccc12)NC(=O)[C@H](Cc1ccc(O)cc1)NC(=O)[C@@H](N)CS. The van der Waals surface area contributed by atoms with E-state index in [1.54, 1.807) is 32.2 Å². The van der Waals surface area contributed by atoms with Crippen LogP contribution in [0.25, 0.3) is 10.9 Å². The molecule has 3 aromatic rings. The molecule has 0 spiro atoms. The number of amides is 4. The summed E-state index contributed by atoms with van der Waals surface area (Å²) in [4.78, 5) is 68.9. The number of rotatable bonds is 19. The molecule has 0 bridgehead atoms. The van der Waals surface area contributed by atoms with Crippen LogP contribution in [0.4, 0.5) is 0 Å². The van der Waals surface area contributed by atoms with Gasteiger partial charge in [-0.05, 0) is 61.1 Å². The monoisotopic (exact) mass is 681 g/mol. The molecule has 0 aliphatic rings. The van der Waals surface area contributed by atoms with E-state index in [9.17, 15) is 29.1 Å². The Morgan fingerprint density at radius 1 is 0.854 bits per heavy atom. The van der Waals surface area contributed by atoms with Crippen molar-refractivity contribution in [3.8, 4) is 5.75 Å². The molecular weight excluding hydrogens is 634 g/mol. The first-order valence-electron chi connectivity index (χ1n) is 16.0. The number of fused-ring (bicyclic) bond motifs is 1. The number of nitrogens with one attached hydrogen (secondary N) is 5. The summed E-state index contributed by atoms with van der Waals surface area (Å²) < 4.78 is 0. The number of aromatic nitrogens is 1. The Balaban J connectivity index is 1.94. The van der Waals surface area contributed by atoms with Crippen LogP contribution < -0.4 is 32.7 Å². The number of para-hydroxylation sites is 1. The van der Waals surface area contributed by atoms with Crippen molar-refractivity contribution in [2.75, 3.05) is 12.3 Å². The van der Waals surface area contributed by atoms with Crippen LogP contribution in [0.5, 0.6) is 5.75 Å². The normalized spacial score (nSPS) is 14.4. The Labute approximate surface area is 285 Å². The molecule has 13 nitrogen and oxygen atoms in total. The summed E-state index contributed by atoms with van der Waals surface area (Å²) >= 11 is 4.09. The molecule has 0 radical (unpaired) electrons. The summed E-state index contributed by atoms with van der Waals surface area (Å²) in [6.07, 6.45) is 3.90. The third kappa shape index (κ3) is 11.1. The van der Waals surface area contributed by atoms with Crippen LogP contribution in [-0.2, 0) is 36.8 Å². The number of carbonyl (C=O) groups is 5. The van der Waals surface area contributed by atoms with Gasteiger partial charge in [0.15, 0.2) is 0 Å². The van der Waals surface area contributed by atoms with E-state index in [2.05, 4.69) is 38.9 Å². The molecule has 1 aromatic heterocycles. The van der Waals surface area contributed by atoms with E-state index in [0.717, 1.165) is 16.5 Å². The lowest BCUT2D eigenvalue weighted by Crippen LogP contribution is -2.59. The predicted molar refractivity (Wildman–Crippen MR) is 187 cm³/mol. The van der Waals surface area contributed by atoms with Crippen molar-refractivity contribution < 1.29 is 29.1 Å². The van der Waals surface area contributed by atoms with Crippen LogP contribution in [0.1, 0.15) is 44.2 Å². The number of aldehydes is 1. The van der Waals surface area contributed by atoms with Gasteiger partial charge in [-0.2, -0.15) is 12.6 Å². The molecule has 260 valence electrons. The number of aromatic amines is 1. The minimum atomic E-state index is -1.17. The van der Waals surface area contributed by atoms with Gasteiger partial charge in [-0.25, -0.2) is 0 Å². The summed E-state index contributed by atoms with van der Waals surface area (Å²) in [6, 6.07) is 8.60. The quantitative estimate of drug-likeness (QED) is 0.0500. The third-order valence-corrected chi connectivity index (χ3v) is 8.42. The van der Waals surface area contributed by atoms with Crippen LogP contribution in [-0.4, -0.2) is 82.5 Å². The van der Waals surface area contributed by atoms with Crippen molar-refractivity contribution in [2.45, 2.75) is 76.2 Å². The molecule has 0 saturated heterocycles. The van der Waals surface area contributed by atoms with Gasteiger partial charge in [0.2, 0.25) is 23.6 Å².